The van der Waals surface area contributed by atoms with E-state index in [1.54, 1.807) is 18.2 Å². The smallest absolute Gasteiger partial charge is 0.311 e. The van der Waals surface area contributed by atoms with E-state index in [-0.39, 0.29) is 0 Å². The van der Waals surface area contributed by atoms with Crippen molar-refractivity contribution in [3.05, 3.63) is 28.2 Å². The Labute approximate surface area is 114 Å². The van der Waals surface area contributed by atoms with Gasteiger partial charge in [0.15, 0.2) is 0 Å². The van der Waals surface area contributed by atoms with Gasteiger partial charge in [0.1, 0.15) is 6.07 Å². The van der Waals surface area contributed by atoms with E-state index < -0.39 is 11.4 Å². The minimum absolute atomic E-state index is 0.431. The molecule has 0 radical (unpaired) electrons. The number of rotatable bonds is 4. The van der Waals surface area contributed by atoms with Crippen LogP contribution in [-0.4, -0.2) is 17.6 Å². The lowest BCUT2D eigenvalue weighted by molar-refractivity contribution is -0.153. The summed E-state index contributed by atoms with van der Waals surface area (Å²) in [5, 5.41) is 21.2. The number of carboxylic acid groups (broad SMARTS) is 1. The first kappa shape index (κ1) is 12.9. The van der Waals surface area contributed by atoms with Gasteiger partial charge in [-0.25, -0.2) is 0 Å². The van der Waals surface area contributed by atoms with E-state index >= 15 is 0 Å². The van der Waals surface area contributed by atoms with Crippen LogP contribution in [0.5, 0.6) is 0 Å². The van der Waals surface area contributed by atoms with Gasteiger partial charge in [0.2, 0.25) is 0 Å². The average molecular weight is 309 g/mol. The van der Waals surface area contributed by atoms with Crippen molar-refractivity contribution in [3.8, 4) is 6.07 Å². The number of anilines is 1. The molecule has 0 amide bonds. The molecule has 2 rings (SSSR count). The third-order valence-corrected chi connectivity index (χ3v) is 4.14. The molecule has 0 bridgehead atoms. The first-order valence-electron chi connectivity index (χ1n) is 5.74. The molecule has 0 unspecified atom stereocenters. The van der Waals surface area contributed by atoms with Crippen LogP contribution < -0.4 is 5.32 Å². The number of aliphatic carboxylic acids is 1. The average Bonchev–Trinajstić information content (AvgIpc) is 2.27. The monoisotopic (exact) mass is 308 g/mol. The van der Waals surface area contributed by atoms with E-state index in [2.05, 4.69) is 27.3 Å². The van der Waals surface area contributed by atoms with Gasteiger partial charge in [0.25, 0.3) is 0 Å². The molecule has 4 nitrogen and oxygen atoms in total. The molecule has 0 saturated heterocycles. The molecule has 2 N–H and O–H groups in total. The molecular weight excluding hydrogens is 296 g/mol. The topological polar surface area (TPSA) is 73.1 Å². The van der Waals surface area contributed by atoms with E-state index in [1.807, 2.05) is 0 Å². The summed E-state index contributed by atoms with van der Waals surface area (Å²) in [5.41, 5.74) is 0.783. The van der Waals surface area contributed by atoms with Crippen LogP contribution in [0.25, 0.3) is 0 Å². The summed E-state index contributed by atoms with van der Waals surface area (Å²) in [6, 6.07) is 7.36. The zero-order valence-electron chi connectivity index (χ0n) is 9.74. The van der Waals surface area contributed by atoms with Crippen LogP contribution in [-0.2, 0) is 4.79 Å². The van der Waals surface area contributed by atoms with Gasteiger partial charge in [0.05, 0.1) is 11.0 Å². The quantitative estimate of drug-likeness (QED) is 0.897. The van der Waals surface area contributed by atoms with Gasteiger partial charge < -0.3 is 10.4 Å². The summed E-state index contributed by atoms with van der Waals surface area (Å²) in [5.74, 6) is -0.728. The molecule has 1 fully saturated rings. The van der Waals surface area contributed by atoms with Gasteiger partial charge in [-0.05, 0) is 47.0 Å². The van der Waals surface area contributed by atoms with Gasteiger partial charge in [-0.15, -0.1) is 0 Å². The minimum atomic E-state index is -0.728. The van der Waals surface area contributed by atoms with Crippen molar-refractivity contribution in [2.24, 2.45) is 5.41 Å². The lowest BCUT2D eigenvalue weighted by Crippen LogP contribution is -2.43. The van der Waals surface area contributed by atoms with Gasteiger partial charge >= 0.3 is 5.97 Å². The van der Waals surface area contributed by atoms with Crippen LogP contribution in [0.15, 0.2) is 22.7 Å². The summed E-state index contributed by atoms with van der Waals surface area (Å²) >= 11 is 3.31. The Hall–Kier alpha value is -1.54. The van der Waals surface area contributed by atoms with Gasteiger partial charge in [-0.3, -0.25) is 4.79 Å². The Kier molecular flexibility index (Phi) is 3.58. The number of carbonyl (C=O) groups is 1. The van der Waals surface area contributed by atoms with E-state index in [9.17, 15) is 9.90 Å². The highest BCUT2D eigenvalue weighted by molar-refractivity contribution is 9.10. The molecule has 18 heavy (non-hydrogen) atoms. The summed E-state index contributed by atoms with van der Waals surface area (Å²) in [6.45, 7) is 0.431. The van der Waals surface area contributed by atoms with E-state index in [0.29, 0.717) is 16.6 Å². The number of halogens is 1. The molecule has 1 aromatic carbocycles. The molecule has 94 valence electrons. The van der Waals surface area contributed by atoms with Gasteiger partial charge in [0, 0.05) is 16.7 Å². The molecular formula is C13H13BrN2O2. The highest BCUT2D eigenvalue weighted by Gasteiger charge is 2.44. The molecule has 0 aromatic heterocycles. The maximum atomic E-state index is 11.2. The number of hydrogen-bond acceptors (Lipinski definition) is 3. The van der Waals surface area contributed by atoms with Crippen LogP contribution in [0.1, 0.15) is 24.8 Å². The van der Waals surface area contributed by atoms with Crippen LogP contribution in [0.2, 0.25) is 0 Å². The fraction of sp³-hybridized carbons (Fsp3) is 0.385. The second-order valence-corrected chi connectivity index (χ2v) is 5.45. The standard InChI is InChI=1S/C13H13BrN2O2/c14-11-6-10(3-2-9(11)7-15)16-8-13(12(17)18)4-1-5-13/h2-3,6,16H,1,4-5,8H2,(H,17,18). The Morgan fingerprint density at radius 3 is 2.72 bits per heavy atom. The number of carboxylic acids is 1. The van der Waals surface area contributed by atoms with Crippen molar-refractivity contribution < 1.29 is 9.90 Å². The summed E-state index contributed by atoms with van der Waals surface area (Å²) < 4.78 is 0.716. The highest BCUT2D eigenvalue weighted by atomic mass is 79.9. The first-order valence-corrected chi connectivity index (χ1v) is 6.54. The predicted octanol–water partition coefficient (Wildman–Crippen LogP) is 2.99. The van der Waals surface area contributed by atoms with Crippen LogP contribution in [0.4, 0.5) is 5.69 Å². The molecule has 0 atom stereocenters. The Morgan fingerprint density at radius 2 is 2.28 bits per heavy atom. The second-order valence-electron chi connectivity index (χ2n) is 4.60. The third-order valence-electron chi connectivity index (χ3n) is 3.48. The normalized spacial score (nSPS) is 16.4. The van der Waals surface area contributed by atoms with Crippen molar-refractivity contribution in [3.63, 3.8) is 0 Å². The molecule has 5 heteroatoms. The molecule has 0 spiro atoms. The number of nitrogens with zero attached hydrogens (tertiary/aromatic N) is 1. The summed E-state index contributed by atoms with van der Waals surface area (Å²) in [6.07, 6.45) is 2.44. The molecule has 1 aromatic rings. The van der Waals surface area contributed by atoms with Crippen molar-refractivity contribution in [2.45, 2.75) is 19.3 Å². The minimum Gasteiger partial charge on any atom is -0.481 e. The first-order chi connectivity index (χ1) is 8.57. The molecule has 0 heterocycles. The van der Waals surface area contributed by atoms with Crippen molar-refractivity contribution in [1.82, 2.24) is 0 Å². The molecule has 0 aliphatic heterocycles. The maximum Gasteiger partial charge on any atom is 0.311 e. The number of nitrogens with one attached hydrogen (secondary N) is 1. The van der Waals surface area contributed by atoms with Crippen LogP contribution in [0.3, 0.4) is 0 Å². The zero-order valence-corrected chi connectivity index (χ0v) is 11.3. The number of hydrogen-bond donors (Lipinski definition) is 2. The maximum absolute atomic E-state index is 11.2. The van der Waals surface area contributed by atoms with Crippen molar-refractivity contribution in [1.29, 1.82) is 5.26 Å². The lowest BCUT2D eigenvalue weighted by Gasteiger charge is -2.37. The number of benzene rings is 1. The van der Waals surface area contributed by atoms with Crippen LogP contribution in [0, 0.1) is 16.7 Å². The predicted molar refractivity (Wildman–Crippen MR) is 71.3 cm³/mol. The molecule has 1 aliphatic carbocycles. The van der Waals surface area contributed by atoms with E-state index in [4.69, 9.17) is 5.26 Å². The SMILES string of the molecule is N#Cc1ccc(NCC2(C(=O)O)CCC2)cc1Br. The highest BCUT2D eigenvalue weighted by Crippen LogP contribution is 2.41. The van der Waals surface area contributed by atoms with Gasteiger partial charge in [-0.1, -0.05) is 6.42 Å². The fourth-order valence-electron chi connectivity index (χ4n) is 2.06. The van der Waals surface area contributed by atoms with E-state index in [0.717, 1.165) is 24.9 Å². The Bertz CT molecular complexity index is 518. The van der Waals surface area contributed by atoms with Crippen LogP contribution >= 0.6 is 15.9 Å². The van der Waals surface area contributed by atoms with Gasteiger partial charge in [-0.2, -0.15) is 5.26 Å². The second kappa shape index (κ2) is 4.99. The summed E-state index contributed by atoms with van der Waals surface area (Å²) in [4.78, 5) is 11.2. The third kappa shape index (κ3) is 2.34. The largest absolute Gasteiger partial charge is 0.481 e. The fourth-order valence-corrected chi connectivity index (χ4v) is 2.52. The molecule has 1 aliphatic rings. The zero-order chi connectivity index (χ0) is 13.2. The Balaban J connectivity index is 2.05. The lowest BCUT2D eigenvalue weighted by atomic mass is 9.69. The Morgan fingerprint density at radius 1 is 1.56 bits per heavy atom. The van der Waals surface area contributed by atoms with E-state index in [1.165, 1.54) is 0 Å². The number of nitriles is 1. The molecule has 1 saturated carbocycles. The summed E-state index contributed by atoms with van der Waals surface area (Å²) in [7, 11) is 0. The van der Waals surface area contributed by atoms with Crippen molar-refractivity contribution in [2.75, 3.05) is 11.9 Å². The van der Waals surface area contributed by atoms with Crippen molar-refractivity contribution >= 4 is 27.6 Å².